The number of halogens is 3. The van der Waals surface area contributed by atoms with Crippen LogP contribution in [-0.2, 0) is 0 Å². The molecule has 0 unspecified atom stereocenters. The van der Waals surface area contributed by atoms with Crippen molar-refractivity contribution in [3.05, 3.63) is 84.4 Å². The Morgan fingerprint density at radius 1 is 0.917 bits per heavy atom. The lowest BCUT2D eigenvalue weighted by atomic mass is 10.0. The van der Waals surface area contributed by atoms with Gasteiger partial charge in [0, 0.05) is 41.7 Å². The Hall–Kier alpha value is -3.78. The molecule has 0 saturated carbocycles. The van der Waals surface area contributed by atoms with Crippen LogP contribution in [0.1, 0.15) is 13.3 Å². The lowest BCUT2D eigenvalue weighted by Crippen LogP contribution is -2.56. The Morgan fingerprint density at radius 3 is 2.22 bits per heavy atom. The third-order valence-corrected chi connectivity index (χ3v) is 6.40. The SMILES string of the molecule is CC[C@H]1CN(c2nnc(-c3ccc(F)cc3)c3ccccc23)CCN1C(=O)Nc1ccc(F)cc1.Cl. The van der Waals surface area contributed by atoms with Crippen molar-refractivity contribution in [2.45, 2.75) is 19.4 Å². The zero-order valence-electron chi connectivity index (χ0n) is 19.7. The number of amides is 2. The normalized spacial score (nSPS) is 15.5. The molecule has 1 atom stereocenters. The number of benzene rings is 3. The lowest BCUT2D eigenvalue weighted by Gasteiger charge is -2.41. The maximum absolute atomic E-state index is 13.4. The van der Waals surface area contributed by atoms with Crippen molar-refractivity contribution in [2.75, 3.05) is 29.9 Å². The van der Waals surface area contributed by atoms with E-state index in [4.69, 9.17) is 0 Å². The summed E-state index contributed by atoms with van der Waals surface area (Å²) in [7, 11) is 0. The van der Waals surface area contributed by atoms with Gasteiger partial charge < -0.3 is 15.1 Å². The van der Waals surface area contributed by atoms with Gasteiger partial charge in [-0.15, -0.1) is 22.6 Å². The molecule has 2 amide bonds. The summed E-state index contributed by atoms with van der Waals surface area (Å²) >= 11 is 0. The molecule has 186 valence electrons. The Balaban J connectivity index is 0.00000304. The first kappa shape index (κ1) is 25.3. The number of fused-ring (bicyclic) bond motifs is 1. The largest absolute Gasteiger partial charge is 0.351 e. The highest BCUT2D eigenvalue weighted by Gasteiger charge is 2.31. The number of rotatable bonds is 4. The van der Waals surface area contributed by atoms with E-state index in [1.807, 2.05) is 36.1 Å². The molecule has 0 aliphatic carbocycles. The molecule has 1 aliphatic heterocycles. The minimum Gasteiger partial charge on any atom is -0.351 e. The fourth-order valence-electron chi connectivity index (χ4n) is 4.54. The van der Waals surface area contributed by atoms with Gasteiger partial charge in [0.15, 0.2) is 5.82 Å². The first-order valence-electron chi connectivity index (χ1n) is 11.6. The maximum atomic E-state index is 13.4. The van der Waals surface area contributed by atoms with E-state index in [1.165, 1.54) is 24.3 Å². The second kappa shape index (κ2) is 10.9. The predicted molar refractivity (Wildman–Crippen MR) is 141 cm³/mol. The van der Waals surface area contributed by atoms with Crippen LogP contribution in [0.25, 0.3) is 22.0 Å². The highest BCUT2D eigenvalue weighted by molar-refractivity contribution is 6.00. The summed E-state index contributed by atoms with van der Waals surface area (Å²) < 4.78 is 26.6. The number of hydrogen-bond acceptors (Lipinski definition) is 4. The summed E-state index contributed by atoms with van der Waals surface area (Å²) in [6.07, 6.45) is 0.770. The van der Waals surface area contributed by atoms with Crippen LogP contribution in [0.3, 0.4) is 0 Å². The molecule has 0 radical (unpaired) electrons. The first-order chi connectivity index (χ1) is 17.0. The van der Waals surface area contributed by atoms with Gasteiger partial charge in [-0.05, 0) is 55.0 Å². The van der Waals surface area contributed by atoms with Crippen molar-refractivity contribution in [1.82, 2.24) is 15.1 Å². The van der Waals surface area contributed by atoms with Gasteiger partial charge >= 0.3 is 6.03 Å². The maximum Gasteiger partial charge on any atom is 0.322 e. The number of urea groups is 1. The molecule has 1 fully saturated rings. The van der Waals surface area contributed by atoms with Crippen molar-refractivity contribution in [2.24, 2.45) is 0 Å². The Kier molecular flexibility index (Phi) is 7.64. The van der Waals surface area contributed by atoms with E-state index in [0.717, 1.165) is 28.6 Å². The van der Waals surface area contributed by atoms with Gasteiger partial charge in [-0.2, -0.15) is 0 Å². The predicted octanol–water partition coefficient (Wildman–Crippen LogP) is 6.13. The number of nitrogens with zero attached hydrogens (tertiary/aromatic N) is 4. The monoisotopic (exact) mass is 509 g/mol. The number of aromatic nitrogens is 2. The molecule has 0 spiro atoms. The molecule has 4 aromatic rings. The van der Waals surface area contributed by atoms with Crippen LogP contribution in [-0.4, -0.2) is 46.8 Å². The van der Waals surface area contributed by atoms with Crippen molar-refractivity contribution < 1.29 is 13.6 Å². The van der Waals surface area contributed by atoms with Gasteiger partial charge in [0.1, 0.15) is 17.3 Å². The summed E-state index contributed by atoms with van der Waals surface area (Å²) in [5.74, 6) is 0.125. The van der Waals surface area contributed by atoms with Crippen LogP contribution in [0.2, 0.25) is 0 Å². The molecule has 1 saturated heterocycles. The fraction of sp³-hybridized carbons (Fsp3) is 0.222. The van der Waals surface area contributed by atoms with Gasteiger partial charge in [-0.1, -0.05) is 31.2 Å². The molecule has 9 heteroatoms. The number of hydrogen-bond donors (Lipinski definition) is 1. The second-order valence-electron chi connectivity index (χ2n) is 8.56. The number of carbonyl (C=O) groups is 1. The summed E-state index contributed by atoms with van der Waals surface area (Å²) in [6.45, 7) is 3.78. The molecule has 1 aliphatic rings. The van der Waals surface area contributed by atoms with Crippen molar-refractivity contribution >= 4 is 40.7 Å². The van der Waals surface area contributed by atoms with E-state index >= 15 is 0 Å². The topological polar surface area (TPSA) is 61.4 Å². The Labute approximate surface area is 214 Å². The zero-order valence-corrected chi connectivity index (χ0v) is 20.5. The van der Waals surface area contributed by atoms with Gasteiger partial charge in [-0.3, -0.25) is 0 Å². The Bertz CT molecular complexity index is 1350. The van der Waals surface area contributed by atoms with Gasteiger partial charge in [0.2, 0.25) is 0 Å². The van der Waals surface area contributed by atoms with Crippen LogP contribution in [0.4, 0.5) is 25.1 Å². The minimum absolute atomic E-state index is 0. The standard InChI is InChI=1S/C27H25F2N5O.ClH/c1-2-22-17-33(15-16-34(22)27(35)30-21-13-11-20(29)12-14-21)26-24-6-4-3-5-23(24)25(31-32-26)18-7-9-19(28)10-8-18;/h3-14,22H,2,15-17H2,1H3,(H,30,35);1H/t22-;/m0./s1. The minimum atomic E-state index is -0.346. The summed E-state index contributed by atoms with van der Waals surface area (Å²) in [5.41, 5.74) is 2.06. The molecular weight excluding hydrogens is 484 g/mol. The second-order valence-corrected chi connectivity index (χ2v) is 8.56. The summed E-state index contributed by atoms with van der Waals surface area (Å²) in [4.78, 5) is 16.9. The fourth-order valence-corrected chi connectivity index (χ4v) is 4.54. The third-order valence-electron chi connectivity index (χ3n) is 6.40. The quantitative estimate of drug-likeness (QED) is 0.359. The highest BCUT2D eigenvalue weighted by Crippen LogP contribution is 2.32. The van der Waals surface area contributed by atoms with Crippen LogP contribution < -0.4 is 10.2 Å². The van der Waals surface area contributed by atoms with E-state index in [9.17, 15) is 13.6 Å². The van der Waals surface area contributed by atoms with Gasteiger partial charge in [0.05, 0.1) is 6.04 Å². The van der Waals surface area contributed by atoms with Crippen LogP contribution in [0, 0.1) is 11.6 Å². The van der Waals surface area contributed by atoms with E-state index < -0.39 is 0 Å². The molecule has 1 N–H and O–H groups in total. The van der Waals surface area contributed by atoms with Gasteiger partial charge in [-0.25, -0.2) is 13.6 Å². The molecule has 36 heavy (non-hydrogen) atoms. The number of anilines is 2. The third kappa shape index (κ3) is 5.09. The molecule has 0 bridgehead atoms. The van der Waals surface area contributed by atoms with Crippen LogP contribution in [0.15, 0.2) is 72.8 Å². The van der Waals surface area contributed by atoms with Crippen molar-refractivity contribution in [1.29, 1.82) is 0 Å². The molecule has 6 nitrogen and oxygen atoms in total. The summed E-state index contributed by atoms with van der Waals surface area (Å²) in [6, 6.07) is 19.7. The average Bonchev–Trinajstić information content (AvgIpc) is 2.89. The highest BCUT2D eigenvalue weighted by atomic mass is 35.5. The smallest absolute Gasteiger partial charge is 0.322 e. The van der Waals surface area contributed by atoms with Crippen LogP contribution in [0.5, 0.6) is 0 Å². The number of piperazine rings is 1. The van der Waals surface area contributed by atoms with E-state index in [1.54, 1.807) is 24.3 Å². The summed E-state index contributed by atoms with van der Waals surface area (Å²) in [5, 5.41) is 13.8. The Morgan fingerprint density at radius 2 is 1.56 bits per heavy atom. The molecule has 1 aromatic heterocycles. The van der Waals surface area contributed by atoms with E-state index in [2.05, 4.69) is 20.4 Å². The molecular formula is C27H26ClF2N5O. The average molecular weight is 510 g/mol. The van der Waals surface area contributed by atoms with Gasteiger partial charge in [0.25, 0.3) is 0 Å². The number of nitrogens with one attached hydrogen (secondary N) is 1. The lowest BCUT2D eigenvalue weighted by molar-refractivity contribution is 0.176. The zero-order chi connectivity index (χ0) is 24.4. The first-order valence-corrected chi connectivity index (χ1v) is 11.6. The molecule has 5 rings (SSSR count). The number of carbonyl (C=O) groups excluding carboxylic acids is 1. The van der Waals surface area contributed by atoms with Crippen molar-refractivity contribution in [3.8, 4) is 11.3 Å². The molecule has 3 aromatic carbocycles. The van der Waals surface area contributed by atoms with E-state index in [0.29, 0.717) is 31.0 Å². The molecule has 2 heterocycles. The van der Waals surface area contributed by atoms with Crippen LogP contribution >= 0.6 is 12.4 Å². The van der Waals surface area contributed by atoms with Crippen molar-refractivity contribution in [3.63, 3.8) is 0 Å². The van der Waals surface area contributed by atoms with E-state index in [-0.39, 0.29) is 36.1 Å².